The first-order valence-corrected chi connectivity index (χ1v) is 10.1. The quantitative estimate of drug-likeness (QED) is 0.474. The highest BCUT2D eigenvalue weighted by Gasteiger charge is 2.33. The molecule has 0 spiro atoms. The van der Waals surface area contributed by atoms with Gasteiger partial charge < -0.3 is 15.9 Å². The van der Waals surface area contributed by atoms with Gasteiger partial charge in [-0.25, -0.2) is 9.67 Å². The molecule has 5 rings (SSSR count). The van der Waals surface area contributed by atoms with Crippen LogP contribution in [0.2, 0.25) is 0 Å². The van der Waals surface area contributed by atoms with E-state index < -0.39 is 0 Å². The largest absolute Gasteiger partial charge is 0.393 e. The molecular formula is C23H23N5O2. The number of hydrogen-bond acceptors (Lipinski definition) is 6. The van der Waals surface area contributed by atoms with E-state index in [1.807, 2.05) is 48.5 Å². The maximum atomic E-state index is 9.58. The Labute approximate surface area is 173 Å². The summed E-state index contributed by atoms with van der Waals surface area (Å²) >= 11 is 0. The van der Waals surface area contributed by atoms with Crippen LogP contribution in [0.3, 0.4) is 0 Å². The van der Waals surface area contributed by atoms with Crippen LogP contribution in [0.4, 0.5) is 0 Å². The van der Waals surface area contributed by atoms with Crippen LogP contribution in [0, 0.1) is 5.92 Å². The van der Waals surface area contributed by atoms with Gasteiger partial charge in [-0.3, -0.25) is 4.98 Å². The van der Waals surface area contributed by atoms with Crippen LogP contribution in [-0.4, -0.2) is 36.1 Å². The Hall–Kier alpha value is -3.13. The number of aliphatic hydroxyl groups excluding tert-OH is 2. The molecule has 0 amide bonds. The summed E-state index contributed by atoms with van der Waals surface area (Å²) < 4.78 is 1.77. The van der Waals surface area contributed by atoms with E-state index in [4.69, 9.17) is 10.7 Å². The lowest BCUT2D eigenvalue weighted by Crippen LogP contribution is -2.36. The van der Waals surface area contributed by atoms with Gasteiger partial charge in [-0.15, -0.1) is 0 Å². The smallest absolute Gasteiger partial charge is 0.154 e. The van der Waals surface area contributed by atoms with Gasteiger partial charge in [0.2, 0.25) is 0 Å². The summed E-state index contributed by atoms with van der Waals surface area (Å²) in [6.07, 6.45) is 3.04. The molecule has 3 heterocycles. The van der Waals surface area contributed by atoms with Crippen molar-refractivity contribution in [1.29, 1.82) is 0 Å². The van der Waals surface area contributed by atoms with Crippen LogP contribution in [0.5, 0.6) is 0 Å². The summed E-state index contributed by atoms with van der Waals surface area (Å²) in [7, 11) is 0. The number of fused-ring (bicyclic) bond motifs is 1. The van der Waals surface area contributed by atoms with E-state index in [1.54, 1.807) is 16.9 Å². The number of nitrogens with two attached hydrogens (primary N) is 1. The Kier molecular flexibility index (Phi) is 4.78. The lowest BCUT2D eigenvalue weighted by Gasteiger charge is -2.35. The highest BCUT2D eigenvalue weighted by molar-refractivity contribution is 5.84. The molecule has 1 aliphatic carbocycles. The predicted molar refractivity (Wildman–Crippen MR) is 114 cm³/mol. The molecule has 30 heavy (non-hydrogen) atoms. The lowest BCUT2D eigenvalue weighted by molar-refractivity contribution is 0.0302. The molecule has 0 bridgehead atoms. The Morgan fingerprint density at radius 3 is 2.70 bits per heavy atom. The molecule has 0 radical (unpaired) electrons. The zero-order valence-corrected chi connectivity index (χ0v) is 16.4. The second-order valence-electron chi connectivity index (χ2n) is 7.83. The minimum atomic E-state index is -0.232. The van der Waals surface area contributed by atoms with Crippen molar-refractivity contribution in [2.45, 2.75) is 31.6 Å². The van der Waals surface area contributed by atoms with E-state index in [2.05, 4.69) is 10.1 Å². The van der Waals surface area contributed by atoms with Gasteiger partial charge in [-0.05, 0) is 49.1 Å². The van der Waals surface area contributed by atoms with Gasteiger partial charge in [0.1, 0.15) is 0 Å². The standard InChI is InChI=1S/C23H23N5O2/c24-23(16-9-18(30)10-16)20-5-2-4-19(27-20)14-7-8-15-12-25-28(21(15)11-14)22-6-1-3-17(13-29)26-22/h1-8,11-12,16,18,23,29-30H,9-10,13,24H2/t16-,18-,23-/m0/s1. The second-order valence-corrected chi connectivity index (χ2v) is 7.83. The van der Waals surface area contributed by atoms with E-state index in [9.17, 15) is 10.2 Å². The number of pyridine rings is 2. The van der Waals surface area contributed by atoms with Gasteiger partial charge in [0.15, 0.2) is 5.82 Å². The van der Waals surface area contributed by atoms with E-state index >= 15 is 0 Å². The van der Waals surface area contributed by atoms with Gasteiger partial charge in [0, 0.05) is 10.9 Å². The zero-order chi connectivity index (χ0) is 20.7. The maximum Gasteiger partial charge on any atom is 0.154 e. The van der Waals surface area contributed by atoms with Crippen LogP contribution in [-0.2, 0) is 6.61 Å². The van der Waals surface area contributed by atoms with Gasteiger partial charge in [0.05, 0.1) is 47.5 Å². The zero-order valence-electron chi connectivity index (χ0n) is 16.4. The average Bonchev–Trinajstić information content (AvgIpc) is 3.20. The Bertz CT molecular complexity index is 1200. The number of nitrogens with zero attached hydrogens (tertiary/aromatic N) is 4. The first-order chi connectivity index (χ1) is 14.6. The summed E-state index contributed by atoms with van der Waals surface area (Å²) in [5.74, 6) is 0.928. The van der Waals surface area contributed by atoms with Crippen LogP contribution >= 0.6 is 0 Å². The molecular weight excluding hydrogens is 378 g/mol. The Morgan fingerprint density at radius 1 is 1.07 bits per heavy atom. The normalized spacial score (nSPS) is 19.6. The predicted octanol–water partition coefficient (Wildman–Crippen LogP) is 2.75. The first kappa shape index (κ1) is 18.9. The molecule has 1 atom stereocenters. The molecule has 4 aromatic rings. The highest BCUT2D eigenvalue weighted by atomic mass is 16.3. The third-order valence-electron chi connectivity index (χ3n) is 5.81. The molecule has 1 fully saturated rings. The van der Waals surface area contributed by atoms with Crippen molar-refractivity contribution in [3.05, 3.63) is 72.2 Å². The molecule has 1 aliphatic rings. The molecule has 7 nitrogen and oxygen atoms in total. The topological polar surface area (TPSA) is 110 Å². The number of benzene rings is 1. The molecule has 0 aliphatic heterocycles. The van der Waals surface area contributed by atoms with Gasteiger partial charge in [0.25, 0.3) is 0 Å². The number of hydrogen-bond donors (Lipinski definition) is 3. The average molecular weight is 401 g/mol. The van der Waals surface area contributed by atoms with E-state index in [0.717, 1.165) is 40.7 Å². The summed E-state index contributed by atoms with van der Waals surface area (Å²) in [6, 6.07) is 17.3. The minimum absolute atomic E-state index is 0.118. The fourth-order valence-corrected chi connectivity index (χ4v) is 4.00. The molecule has 0 saturated heterocycles. The van der Waals surface area contributed by atoms with Crippen molar-refractivity contribution in [3.8, 4) is 17.1 Å². The summed E-state index contributed by atoms with van der Waals surface area (Å²) in [4.78, 5) is 9.27. The molecule has 152 valence electrons. The third-order valence-corrected chi connectivity index (χ3v) is 5.81. The van der Waals surface area contributed by atoms with Crippen LogP contribution < -0.4 is 5.73 Å². The van der Waals surface area contributed by atoms with Crippen molar-refractivity contribution in [1.82, 2.24) is 19.7 Å². The monoisotopic (exact) mass is 401 g/mol. The molecule has 7 heteroatoms. The molecule has 1 aromatic carbocycles. The van der Waals surface area contributed by atoms with Gasteiger partial charge >= 0.3 is 0 Å². The molecule has 0 unspecified atom stereocenters. The van der Waals surface area contributed by atoms with Crippen LogP contribution in [0.25, 0.3) is 28.0 Å². The van der Waals surface area contributed by atoms with Crippen LogP contribution in [0.15, 0.2) is 60.8 Å². The van der Waals surface area contributed by atoms with E-state index in [1.165, 1.54) is 0 Å². The summed E-state index contributed by atoms with van der Waals surface area (Å²) in [6.45, 7) is -0.118. The van der Waals surface area contributed by atoms with E-state index in [0.29, 0.717) is 11.5 Å². The van der Waals surface area contributed by atoms with E-state index in [-0.39, 0.29) is 24.7 Å². The van der Waals surface area contributed by atoms with Crippen molar-refractivity contribution < 1.29 is 10.2 Å². The van der Waals surface area contributed by atoms with Crippen molar-refractivity contribution in [2.75, 3.05) is 0 Å². The van der Waals surface area contributed by atoms with Crippen molar-refractivity contribution in [2.24, 2.45) is 11.7 Å². The molecule has 4 N–H and O–H groups in total. The van der Waals surface area contributed by atoms with Crippen LogP contribution in [0.1, 0.15) is 30.3 Å². The SMILES string of the molecule is N[C@H](c1cccc(-c2ccc3cnn(-c4cccc(CO)n4)c3c2)n1)[C@H]1C[C@H](O)C1. The fourth-order valence-electron chi connectivity index (χ4n) is 4.00. The number of rotatable bonds is 5. The first-order valence-electron chi connectivity index (χ1n) is 10.1. The Balaban J connectivity index is 1.52. The van der Waals surface area contributed by atoms with Gasteiger partial charge in [-0.1, -0.05) is 24.3 Å². The third kappa shape index (κ3) is 3.37. The second kappa shape index (κ2) is 7.60. The fraction of sp³-hybridized carbons (Fsp3) is 0.261. The van der Waals surface area contributed by atoms with Crippen molar-refractivity contribution in [3.63, 3.8) is 0 Å². The number of aliphatic hydroxyl groups is 2. The Morgan fingerprint density at radius 2 is 1.90 bits per heavy atom. The highest BCUT2D eigenvalue weighted by Crippen LogP contribution is 2.36. The van der Waals surface area contributed by atoms with Crippen molar-refractivity contribution >= 4 is 10.9 Å². The molecule has 1 saturated carbocycles. The number of aromatic nitrogens is 4. The molecule has 3 aromatic heterocycles. The lowest BCUT2D eigenvalue weighted by atomic mass is 9.76. The van der Waals surface area contributed by atoms with Gasteiger partial charge in [-0.2, -0.15) is 5.10 Å². The summed E-state index contributed by atoms with van der Waals surface area (Å²) in [5, 5.41) is 24.4. The summed E-state index contributed by atoms with van der Waals surface area (Å²) in [5.41, 5.74) is 10.5. The maximum absolute atomic E-state index is 9.58. The minimum Gasteiger partial charge on any atom is -0.393 e.